The van der Waals surface area contributed by atoms with Gasteiger partial charge in [0.1, 0.15) is 17.3 Å². The molecule has 0 bridgehead atoms. The van der Waals surface area contributed by atoms with Crippen LogP contribution in [0.2, 0.25) is 0 Å². The molecule has 0 aliphatic carbocycles. The quantitative estimate of drug-likeness (QED) is 0.782. The van der Waals surface area contributed by atoms with Crippen molar-refractivity contribution in [2.75, 3.05) is 7.11 Å². The first-order valence-electron chi connectivity index (χ1n) is 5.30. The number of aromatic nitrogens is 1. The van der Waals surface area contributed by atoms with Crippen molar-refractivity contribution >= 4 is 11.9 Å². The van der Waals surface area contributed by atoms with Gasteiger partial charge in [-0.3, -0.25) is 9.36 Å². The van der Waals surface area contributed by atoms with Crippen molar-refractivity contribution in [2.24, 2.45) is 0 Å². The standard InChI is InChI=1S/C13H9F2NO3/c1-19-13(18)11-3-2-6-16(11)12(17)9-5-4-8(14)7-10(9)15/h2-7H,1H3. The maximum atomic E-state index is 13.5. The Bertz CT molecular complexity index is 649. The first kappa shape index (κ1) is 12.9. The summed E-state index contributed by atoms with van der Waals surface area (Å²) in [6.07, 6.45) is 1.30. The summed E-state index contributed by atoms with van der Waals surface area (Å²) in [6, 6.07) is 5.41. The average molecular weight is 265 g/mol. The molecule has 1 aromatic heterocycles. The summed E-state index contributed by atoms with van der Waals surface area (Å²) in [7, 11) is 1.17. The number of benzene rings is 1. The van der Waals surface area contributed by atoms with Gasteiger partial charge in [-0.2, -0.15) is 0 Å². The maximum Gasteiger partial charge on any atom is 0.355 e. The fourth-order valence-corrected chi connectivity index (χ4v) is 1.62. The van der Waals surface area contributed by atoms with E-state index in [0.29, 0.717) is 6.07 Å². The first-order valence-corrected chi connectivity index (χ1v) is 5.30. The Hall–Kier alpha value is -2.50. The lowest BCUT2D eigenvalue weighted by molar-refractivity contribution is 0.0583. The van der Waals surface area contributed by atoms with E-state index in [9.17, 15) is 18.4 Å². The molecule has 0 aliphatic heterocycles. The molecule has 98 valence electrons. The highest BCUT2D eigenvalue weighted by atomic mass is 19.1. The average Bonchev–Trinajstić information content (AvgIpc) is 2.86. The van der Waals surface area contributed by atoms with Crippen molar-refractivity contribution in [1.82, 2.24) is 4.57 Å². The minimum Gasteiger partial charge on any atom is -0.464 e. The summed E-state index contributed by atoms with van der Waals surface area (Å²) in [5, 5.41) is 0. The van der Waals surface area contributed by atoms with Crippen molar-refractivity contribution in [3.05, 3.63) is 59.4 Å². The molecule has 0 spiro atoms. The monoisotopic (exact) mass is 265 g/mol. The summed E-state index contributed by atoms with van der Waals surface area (Å²) in [4.78, 5) is 23.5. The lowest BCUT2D eigenvalue weighted by atomic mass is 10.2. The van der Waals surface area contributed by atoms with Gasteiger partial charge in [0.2, 0.25) is 0 Å². The summed E-state index contributed by atoms with van der Waals surface area (Å²) in [5.41, 5.74) is -0.362. The van der Waals surface area contributed by atoms with Crippen LogP contribution in [-0.4, -0.2) is 23.6 Å². The van der Waals surface area contributed by atoms with E-state index in [-0.39, 0.29) is 11.3 Å². The maximum absolute atomic E-state index is 13.5. The van der Waals surface area contributed by atoms with Crippen LogP contribution in [0.1, 0.15) is 20.8 Å². The highest BCUT2D eigenvalue weighted by Gasteiger charge is 2.20. The third-order valence-corrected chi connectivity index (χ3v) is 2.52. The van der Waals surface area contributed by atoms with Gasteiger partial charge >= 0.3 is 5.97 Å². The van der Waals surface area contributed by atoms with Gasteiger partial charge in [0.25, 0.3) is 5.91 Å². The van der Waals surface area contributed by atoms with Crippen LogP contribution < -0.4 is 0 Å². The number of carbonyl (C=O) groups excluding carboxylic acids is 2. The van der Waals surface area contributed by atoms with Crippen molar-refractivity contribution in [1.29, 1.82) is 0 Å². The number of methoxy groups -OCH3 is 1. The highest BCUT2D eigenvalue weighted by Crippen LogP contribution is 2.14. The summed E-state index contributed by atoms with van der Waals surface area (Å²) in [6.45, 7) is 0. The predicted molar refractivity (Wildman–Crippen MR) is 61.9 cm³/mol. The predicted octanol–water partition coefficient (Wildman–Crippen LogP) is 2.24. The topological polar surface area (TPSA) is 48.3 Å². The second-order valence-corrected chi connectivity index (χ2v) is 3.68. The molecule has 0 amide bonds. The Morgan fingerprint density at radius 2 is 1.95 bits per heavy atom. The molecule has 0 aliphatic rings. The zero-order valence-corrected chi connectivity index (χ0v) is 9.89. The molecule has 0 saturated heterocycles. The highest BCUT2D eigenvalue weighted by molar-refractivity contribution is 6.01. The molecule has 0 fully saturated rings. The molecule has 0 N–H and O–H groups in total. The van der Waals surface area contributed by atoms with Crippen molar-refractivity contribution in [2.45, 2.75) is 0 Å². The van der Waals surface area contributed by atoms with Crippen LogP contribution in [0.25, 0.3) is 0 Å². The van der Waals surface area contributed by atoms with Crippen LogP contribution in [0.3, 0.4) is 0 Å². The second kappa shape index (κ2) is 5.01. The number of hydrogen-bond donors (Lipinski definition) is 0. The Morgan fingerprint density at radius 1 is 1.21 bits per heavy atom. The number of nitrogens with zero attached hydrogens (tertiary/aromatic N) is 1. The zero-order chi connectivity index (χ0) is 14.0. The molecule has 0 unspecified atom stereocenters. The van der Waals surface area contributed by atoms with Crippen LogP contribution >= 0.6 is 0 Å². The van der Waals surface area contributed by atoms with Crippen LogP contribution in [0.15, 0.2) is 36.5 Å². The number of ether oxygens (including phenoxy) is 1. The van der Waals surface area contributed by atoms with Crippen LogP contribution in [0.4, 0.5) is 8.78 Å². The molecule has 2 rings (SSSR count). The van der Waals surface area contributed by atoms with Gasteiger partial charge in [0, 0.05) is 12.3 Å². The molecule has 6 heteroatoms. The normalized spacial score (nSPS) is 10.3. The van der Waals surface area contributed by atoms with Crippen LogP contribution in [-0.2, 0) is 4.74 Å². The molecular weight excluding hydrogens is 256 g/mol. The van der Waals surface area contributed by atoms with E-state index in [1.807, 2.05) is 0 Å². The molecule has 19 heavy (non-hydrogen) atoms. The fourth-order valence-electron chi connectivity index (χ4n) is 1.62. The molecule has 4 nitrogen and oxygen atoms in total. The van der Waals surface area contributed by atoms with Gasteiger partial charge in [-0.05, 0) is 24.3 Å². The van der Waals surface area contributed by atoms with E-state index in [1.54, 1.807) is 0 Å². The summed E-state index contributed by atoms with van der Waals surface area (Å²) >= 11 is 0. The zero-order valence-electron chi connectivity index (χ0n) is 9.89. The Labute approximate surface area is 107 Å². The lowest BCUT2D eigenvalue weighted by Gasteiger charge is -2.07. The lowest BCUT2D eigenvalue weighted by Crippen LogP contribution is -2.19. The second-order valence-electron chi connectivity index (χ2n) is 3.68. The van der Waals surface area contributed by atoms with Gasteiger partial charge in [0.15, 0.2) is 0 Å². The third kappa shape index (κ3) is 2.37. The van der Waals surface area contributed by atoms with E-state index in [2.05, 4.69) is 4.74 Å². The van der Waals surface area contributed by atoms with E-state index < -0.39 is 23.5 Å². The molecule has 1 aromatic carbocycles. The van der Waals surface area contributed by atoms with Gasteiger partial charge in [0.05, 0.1) is 12.7 Å². The molecule has 0 atom stereocenters. The number of halogens is 2. The van der Waals surface area contributed by atoms with Gasteiger partial charge in [-0.15, -0.1) is 0 Å². The minimum absolute atomic E-state index is 0.0313. The van der Waals surface area contributed by atoms with E-state index in [4.69, 9.17) is 0 Å². The number of carbonyl (C=O) groups is 2. The fraction of sp³-hybridized carbons (Fsp3) is 0.0769. The Balaban J connectivity index is 2.45. The van der Waals surface area contributed by atoms with E-state index in [1.165, 1.54) is 25.4 Å². The van der Waals surface area contributed by atoms with Crippen molar-refractivity contribution in [3.63, 3.8) is 0 Å². The smallest absolute Gasteiger partial charge is 0.355 e. The van der Waals surface area contributed by atoms with Crippen LogP contribution in [0.5, 0.6) is 0 Å². The molecule has 1 heterocycles. The largest absolute Gasteiger partial charge is 0.464 e. The first-order chi connectivity index (χ1) is 9.04. The summed E-state index contributed by atoms with van der Waals surface area (Å²) in [5.74, 6) is -3.27. The van der Waals surface area contributed by atoms with Gasteiger partial charge in [-0.1, -0.05) is 0 Å². The van der Waals surface area contributed by atoms with Gasteiger partial charge in [-0.25, -0.2) is 13.6 Å². The van der Waals surface area contributed by atoms with Crippen molar-refractivity contribution < 1.29 is 23.1 Å². The number of esters is 1. The van der Waals surface area contributed by atoms with Crippen LogP contribution in [0, 0.1) is 11.6 Å². The minimum atomic E-state index is -0.991. The van der Waals surface area contributed by atoms with Gasteiger partial charge < -0.3 is 4.74 Å². The molecule has 0 radical (unpaired) electrons. The summed E-state index contributed by atoms with van der Waals surface area (Å²) < 4.78 is 31.8. The van der Waals surface area contributed by atoms with E-state index >= 15 is 0 Å². The number of rotatable bonds is 2. The Morgan fingerprint density at radius 3 is 2.58 bits per heavy atom. The SMILES string of the molecule is COC(=O)c1cccn1C(=O)c1ccc(F)cc1F. The third-order valence-electron chi connectivity index (χ3n) is 2.52. The molecule has 0 saturated carbocycles. The molecular formula is C13H9F2NO3. The van der Waals surface area contributed by atoms with E-state index in [0.717, 1.165) is 16.7 Å². The van der Waals surface area contributed by atoms with Crippen molar-refractivity contribution in [3.8, 4) is 0 Å². The molecule has 2 aromatic rings. The Kier molecular flexibility index (Phi) is 3.41. The number of hydrogen-bond acceptors (Lipinski definition) is 3.